The van der Waals surface area contributed by atoms with Crippen LogP contribution in [0, 0.1) is 0 Å². The van der Waals surface area contributed by atoms with E-state index in [1.54, 1.807) is 4.90 Å². The molecule has 0 aliphatic heterocycles. The summed E-state index contributed by atoms with van der Waals surface area (Å²) < 4.78 is 5.59. The minimum Gasteiger partial charge on any atom is -0.483 e. The highest BCUT2D eigenvalue weighted by molar-refractivity contribution is 5.77. The first-order valence-corrected chi connectivity index (χ1v) is 6.41. The summed E-state index contributed by atoms with van der Waals surface area (Å²) in [6.45, 7) is 6.01. The standard InChI is InChI=1S/C14H22N2O2/c1-3-16(4-2)14(17)11-18-13-8-6-5-7-12(13)9-10-15/h5-8H,3-4,9-11,15H2,1-2H3. The van der Waals surface area contributed by atoms with Gasteiger partial charge in [0.25, 0.3) is 5.91 Å². The average molecular weight is 250 g/mol. The summed E-state index contributed by atoms with van der Waals surface area (Å²) in [4.78, 5) is 13.6. The molecule has 0 atom stereocenters. The van der Waals surface area contributed by atoms with Crippen molar-refractivity contribution in [3.8, 4) is 5.75 Å². The third-order valence-electron chi connectivity index (χ3n) is 2.85. The van der Waals surface area contributed by atoms with Crippen molar-refractivity contribution in [1.82, 2.24) is 4.90 Å². The molecule has 0 aromatic heterocycles. The topological polar surface area (TPSA) is 55.6 Å². The number of benzene rings is 1. The van der Waals surface area contributed by atoms with Gasteiger partial charge in [0.15, 0.2) is 6.61 Å². The number of likely N-dealkylation sites (N-methyl/N-ethyl adjacent to an activating group) is 1. The van der Waals surface area contributed by atoms with Crippen molar-refractivity contribution >= 4 is 5.91 Å². The summed E-state index contributed by atoms with van der Waals surface area (Å²) in [5.74, 6) is 0.769. The van der Waals surface area contributed by atoms with Crippen LogP contribution in [0.25, 0.3) is 0 Å². The third kappa shape index (κ3) is 4.04. The Morgan fingerprint density at radius 1 is 1.28 bits per heavy atom. The van der Waals surface area contributed by atoms with E-state index in [9.17, 15) is 4.79 Å². The Labute approximate surface area is 109 Å². The molecule has 0 unspecified atom stereocenters. The fourth-order valence-electron chi connectivity index (χ4n) is 1.81. The SMILES string of the molecule is CCN(CC)C(=O)COc1ccccc1CCN. The fourth-order valence-corrected chi connectivity index (χ4v) is 1.81. The molecule has 0 saturated carbocycles. The highest BCUT2D eigenvalue weighted by atomic mass is 16.5. The fraction of sp³-hybridized carbons (Fsp3) is 0.500. The molecule has 0 radical (unpaired) electrons. The van der Waals surface area contributed by atoms with Crippen LogP contribution < -0.4 is 10.5 Å². The van der Waals surface area contributed by atoms with Gasteiger partial charge >= 0.3 is 0 Å². The van der Waals surface area contributed by atoms with E-state index in [4.69, 9.17) is 10.5 Å². The first-order valence-electron chi connectivity index (χ1n) is 6.41. The van der Waals surface area contributed by atoms with E-state index in [0.717, 1.165) is 17.7 Å². The molecule has 1 aromatic carbocycles. The number of hydrogen-bond donors (Lipinski definition) is 1. The average Bonchev–Trinajstić information content (AvgIpc) is 2.39. The van der Waals surface area contributed by atoms with Gasteiger partial charge in [0, 0.05) is 13.1 Å². The molecule has 0 saturated heterocycles. The van der Waals surface area contributed by atoms with Crippen LogP contribution in [0.4, 0.5) is 0 Å². The molecule has 1 aromatic rings. The van der Waals surface area contributed by atoms with E-state index in [1.165, 1.54) is 0 Å². The van der Waals surface area contributed by atoms with Crippen molar-refractivity contribution in [3.63, 3.8) is 0 Å². The molecular formula is C14H22N2O2. The summed E-state index contributed by atoms with van der Waals surface area (Å²) in [6.07, 6.45) is 0.760. The molecule has 0 fully saturated rings. The van der Waals surface area contributed by atoms with Crippen molar-refractivity contribution < 1.29 is 9.53 Å². The number of ether oxygens (including phenoxy) is 1. The lowest BCUT2D eigenvalue weighted by atomic mass is 10.1. The number of amides is 1. The van der Waals surface area contributed by atoms with E-state index in [1.807, 2.05) is 38.1 Å². The molecular weight excluding hydrogens is 228 g/mol. The largest absolute Gasteiger partial charge is 0.483 e. The summed E-state index contributed by atoms with van der Waals surface area (Å²) in [6, 6.07) is 7.70. The molecule has 2 N–H and O–H groups in total. The van der Waals surface area contributed by atoms with Crippen LogP contribution in [0.15, 0.2) is 24.3 Å². The van der Waals surface area contributed by atoms with Gasteiger partial charge < -0.3 is 15.4 Å². The van der Waals surface area contributed by atoms with Crippen LogP contribution in [0.5, 0.6) is 5.75 Å². The van der Waals surface area contributed by atoms with Crippen molar-refractivity contribution in [2.75, 3.05) is 26.2 Å². The summed E-state index contributed by atoms with van der Waals surface area (Å²) in [5.41, 5.74) is 6.59. The van der Waals surface area contributed by atoms with Crippen molar-refractivity contribution in [2.24, 2.45) is 5.73 Å². The number of carbonyl (C=O) groups excluding carboxylic acids is 1. The molecule has 0 bridgehead atoms. The first kappa shape index (κ1) is 14.5. The van der Waals surface area contributed by atoms with E-state index < -0.39 is 0 Å². The molecule has 4 nitrogen and oxygen atoms in total. The van der Waals surface area contributed by atoms with Crippen LogP contribution >= 0.6 is 0 Å². The quantitative estimate of drug-likeness (QED) is 0.796. The predicted octanol–water partition coefficient (Wildman–Crippen LogP) is 1.44. The maximum absolute atomic E-state index is 11.8. The Morgan fingerprint density at radius 2 is 1.94 bits per heavy atom. The summed E-state index contributed by atoms with van der Waals surface area (Å²) in [5, 5.41) is 0. The zero-order chi connectivity index (χ0) is 13.4. The van der Waals surface area contributed by atoms with Gasteiger partial charge in [-0.05, 0) is 38.4 Å². The maximum Gasteiger partial charge on any atom is 0.260 e. The highest BCUT2D eigenvalue weighted by Crippen LogP contribution is 2.18. The van der Waals surface area contributed by atoms with Crippen molar-refractivity contribution in [3.05, 3.63) is 29.8 Å². The van der Waals surface area contributed by atoms with Gasteiger partial charge in [0.2, 0.25) is 0 Å². The molecule has 0 aliphatic carbocycles. The van der Waals surface area contributed by atoms with Gasteiger partial charge in [-0.3, -0.25) is 4.79 Å². The molecule has 0 heterocycles. The highest BCUT2D eigenvalue weighted by Gasteiger charge is 2.11. The smallest absolute Gasteiger partial charge is 0.260 e. The molecule has 1 amide bonds. The zero-order valence-corrected chi connectivity index (χ0v) is 11.2. The lowest BCUT2D eigenvalue weighted by Gasteiger charge is -2.19. The molecule has 1 rings (SSSR count). The zero-order valence-electron chi connectivity index (χ0n) is 11.2. The van der Waals surface area contributed by atoms with Crippen LogP contribution in [0.3, 0.4) is 0 Å². The van der Waals surface area contributed by atoms with Gasteiger partial charge in [0.05, 0.1) is 0 Å². The number of nitrogens with two attached hydrogens (primary N) is 1. The van der Waals surface area contributed by atoms with E-state index in [0.29, 0.717) is 19.6 Å². The number of carbonyl (C=O) groups is 1. The lowest BCUT2D eigenvalue weighted by Crippen LogP contribution is -2.34. The lowest BCUT2D eigenvalue weighted by molar-refractivity contribution is -0.132. The van der Waals surface area contributed by atoms with E-state index in [2.05, 4.69) is 0 Å². The van der Waals surface area contributed by atoms with Crippen molar-refractivity contribution in [2.45, 2.75) is 20.3 Å². The van der Waals surface area contributed by atoms with Crippen LogP contribution in [-0.4, -0.2) is 37.0 Å². The molecule has 4 heteroatoms. The summed E-state index contributed by atoms with van der Waals surface area (Å²) >= 11 is 0. The van der Waals surface area contributed by atoms with Gasteiger partial charge in [0.1, 0.15) is 5.75 Å². The van der Waals surface area contributed by atoms with Crippen LogP contribution in [-0.2, 0) is 11.2 Å². The Hall–Kier alpha value is -1.55. The van der Waals surface area contributed by atoms with Gasteiger partial charge in [-0.2, -0.15) is 0 Å². The van der Waals surface area contributed by atoms with Crippen LogP contribution in [0.2, 0.25) is 0 Å². The Kier molecular flexibility index (Phi) is 6.22. The van der Waals surface area contributed by atoms with Crippen molar-refractivity contribution in [1.29, 1.82) is 0 Å². The van der Waals surface area contributed by atoms with E-state index >= 15 is 0 Å². The third-order valence-corrected chi connectivity index (χ3v) is 2.85. The normalized spacial score (nSPS) is 10.2. The van der Waals surface area contributed by atoms with E-state index in [-0.39, 0.29) is 12.5 Å². The Bertz CT molecular complexity index is 376. The molecule has 18 heavy (non-hydrogen) atoms. The second-order valence-electron chi connectivity index (χ2n) is 4.00. The second kappa shape index (κ2) is 7.71. The Morgan fingerprint density at radius 3 is 2.56 bits per heavy atom. The predicted molar refractivity (Wildman–Crippen MR) is 72.6 cm³/mol. The maximum atomic E-state index is 11.8. The monoisotopic (exact) mass is 250 g/mol. The Balaban J connectivity index is 2.60. The number of nitrogens with zero attached hydrogens (tertiary/aromatic N) is 1. The summed E-state index contributed by atoms with van der Waals surface area (Å²) in [7, 11) is 0. The second-order valence-corrected chi connectivity index (χ2v) is 4.00. The first-order chi connectivity index (χ1) is 8.72. The minimum atomic E-state index is 0.0163. The number of para-hydroxylation sites is 1. The molecule has 0 spiro atoms. The number of hydrogen-bond acceptors (Lipinski definition) is 3. The van der Waals surface area contributed by atoms with Gasteiger partial charge in [-0.1, -0.05) is 18.2 Å². The van der Waals surface area contributed by atoms with Gasteiger partial charge in [-0.15, -0.1) is 0 Å². The number of rotatable bonds is 7. The minimum absolute atomic E-state index is 0.0163. The van der Waals surface area contributed by atoms with Crippen LogP contribution in [0.1, 0.15) is 19.4 Å². The molecule has 0 aliphatic rings. The van der Waals surface area contributed by atoms with Gasteiger partial charge in [-0.25, -0.2) is 0 Å². The molecule has 100 valence electrons.